The molecule has 0 N–H and O–H groups in total. The highest BCUT2D eigenvalue weighted by Crippen LogP contribution is 2.54. The SMILES string of the molecule is CCC(C)(C)C(=O)OCOC.O=C1OC2CC3CC1C2C3. The van der Waals surface area contributed by atoms with Crippen molar-refractivity contribution in [2.45, 2.75) is 52.6 Å². The summed E-state index contributed by atoms with van der Waals surface area (Å²) in [6.45, 7) is 5.70. The molecule has 0 aromatic heterocycles. The Hall–Kier alpha value is -1.10. The van der Waals surface area contributed by atoms with Crippen LogP contribution in [0.5, 0.6) is 0 Å². The molecule has 5 heteroatoms. The highest BCUT2D eigenvalue weighted by molar-refractivity contribution is 5.76. The minimum absolute atomic E-state index is 0.0439. The van der Waals surface area contributed by atoms with Gasteiger partial charge in [0.1, 0.15) is 6.10 Å². The van der Waals surface area contributed by atoms with E-state index in [2.05, 4.69) is 4.74 Å². The van der Waals surface area contributed by atoms with Crippen LogP contribution in [0.2, 0.25) is 0 Å². The van der Waals surface area contributed by atoms with Gasteiger partial charge in [-0.05, 0) is 45.4 Å². The van der Waals surface area contributed by atoms with Gasteiger partial charge in [-0.15, -0.1) is 0 Å². The Morgan fingerprint density at radius 1 is 1.33 bits per heavy atom. The fourth-order valence-corrected chi connectivity index (χ4v) is 3.38. The van der Waals surface area contributed by atoms with Gasteiger partial charge >= 0.3 is 11.9 Å². The molecule has 21 heavy (non-hydrogen) atoms. The fraction of sp³-hybridized carbons (Fsp3) is 0.875. The number of esters is 2. The summed E-state index contributed by atoms with van der Waals surface area (Å²) in [5, 5.41) is 0. The van der Waals surface area contributed by atoms with Crippen LogP contribution in [0.4, 0.5) is 0 Å². The lowest BCUT2D eigenvalue weighted by Gasteiger charge is -2.19. The first kappa shape index (κ1) is 16.3. The third-order valence-corrected chi connectivity index (χ3v) is 5.07. The summed E-state index contributed by atoms with van der Waals surface area (Å²) in [6, 6.07) is 0. The molecular weight excluding hydrogens is 272 g/mol. The molecule has 1 heterocycles. The number of fused-ring (bicyclic) bond motifs is 1. The summed E-state index contributed by atoms with van der Waals surface area (Å²) in [5.74, 6) is 1.64. The summed E-state index contributed by atoms with van der Waals surface area (Å²) < 4.78 is 14.6. The Kier molecular flexibility index (Phi) is 4.91. The van der Waals surface area contributed by atoms with E-state index in [-0.39, 0.29) is 18.7 Å². The first-order valence-electron chi connectivity index (χ1n) is 7.75. The van der Waals surface area contributed by atoms with Crippen molar-refractivity contribution in [1.29, 1.82) is 0 Å². The van der Waals surface area contributed by atoms with Crippen LogP contribution in [0.25, 0.3) is 0 Å². The number of carbonyl (C=O) groups excluding carboxylic acids is 2. The average molecular weight is 298 g/mol. The highest BCUT2D eigenvalue weighted by atomic mass is 16.7. The van der Waals surface area contributed by atoms with E-state index in [9.17, 15) is 9.59 Å². The van der Waals surface area contributed by atoms with Crippen molar-refractivity contribution in [2.24, 2.45) is 23.2 Å². The van der Waals surface area contributed by atoms with Gasteiger partial charge < -0.3 is 14.2 Å². The van der Waals surface area contributed by atoms with Crippen LogP contribution in [0.3, 0.4) is 0 Å². The van der Waals surface area contributed by atoms with Gasteiger partial charge in [0.25, 0.3) is 0 Å². The number of methoxy groups -OCH3 is 1. The summed E-state index contributed by atoms with van der Waals surface area (Å²) in [4.78, 5) is 22.2. The molecule has 0 aromatic carbocycles. The second kappa shape index (κ2) is 6.34. The number of ether oxygens (including phenoxy) is 3. The topological polar surface area (TPSA) is 61.8 Å². The van der Waals surface area contributed by atoms with Gasteiger partial charge in [-0.3, -0.25) is 9.59 Å². The second-order valence-electron chi connectivity index (χ2n) is 6.89. The third kappa shape index (κ3) is 3.39. The molecule has 5 nitrogen and oxygen atoms in total. The predicted molar refractivity (Wildman–Crippen MR) is 76.2 cm³/mol. The van der Waals surface area contributed by atoms with Crippen molar-refractivity contribution in [2.75, 3.05) is 13.9 Å². The molecule has 120 valence electrons. The van der Waals surface area contributed by atoms with Gasteiger partial charge in [-0.1, -0.05) is 6.92 Å². The Morgan fingerprint density at radius 3 is 2.52 bits per heavy atom. The maximum absolute atomic E-state index is 11.2. The van der Waals surface area contributed by atoms with Crippen LogP contribution in [0.15, 0.2) is 0 Å². The van der Waals surface area contributed by atoms with E-state index in [0.717, 1.165) is 25.2 Å². The van der Waals surface area contributed by atoms with Crippen LogP contribution in [-0.4, -0.2) is 31.9 Å². The van der Waals surface area contributed by atoms with E-state index in [1.54, 1.807) is 0 Å². The van der Waals surface area contributed by atoms with Crippen molar-refractivity contribution in [3.63, 3.8) is 0 Å². The van der Waals surface area contributed by atoms with Crippen molar-refractivity contribution < 1.29 is 23.8 Å². The Balaban J connectivity index is 0.000000153. The summed E-state index contributed by atoms with van der Waals surface area (Å²) in [6.07, 6.45) is 4.65. The van der Waals surface area contributed by atoms with E-state index < -0.39 is 5.41 Å². The maximum atomic E-state index is 11.2. The van der Waals surface area contributed by atoms with Crippen LogP contribution in [0, 0.1) is 23.2 Å². The Bertz CT molecular complexity index is 401. The molecule has 2 saturated carbocycles. The van der Waals surface area contributed by atoms with Crippen LogP contribution >= 0.6 is 0 Å². The van der Waals surface area contributed by atoms with Crippen LogP contribution in [0.1, 0.15) is 46.5 Å². The zero-order valence-electron chi connectivity index (χ0n) is 13.4. The molecular formula is C16H26O5. The van der Waals surface area contributed by atoms with E-state index in [1.807, 2.05) is 20.8 Å². The normalized spacial score (nSPS) is 32.5. The summed E-state index contributed by atoms with van der Waals surface area (Å²) >= 11 is 0. The lowest BCUT2D eigenvalue weighted by molar-refractivity contribution is -0.164. The first-order valence-corrected chi connectivity index (χ1v) is 7.75. The van der Waals surface area contributed by atoms with Gasteiger partial charge in [0, 0.05) is 13.0 Å². The number of hydrogen-bond acceptors (Lipinski definition) is 5. The highest BCUT2D eigenvalue weighted by Gasteiger charge is 2.56. The monoisotopic (exact) mass is 298 g/mol. The van der Waals surface area contributed by atoms with Crippen LogP contribution in [-0.2, 0) is 23.8 Å². The van der Waals surface area contributed by atoms with Crippen molar-refractivity contribution in [3.05, 3.63) is 0 Å². The Morgan fingerprint density at radius 2 is 2.05 bits per heavy atom. The number of rotatable bonds is 4. The quantitative estimate of drug-likeness (QED) is 0.589. The first-order chi connectivity index (χ1) is 9.89. The molecule has 0 amide bonds. The Labute approximate surface area is 126 Å². The lowest BCUT2D eigenvalue weighted by atomic mass is 9.90. The van der Waals surface area contributed by atoms with Gasteiger partial charge in [-0.25, -0.2) is 0 Å². The molecule has 1 saturated heterocycles. The summed E-state index contributed by atoms with van der Waals surface area (Å²) in [7, 11) is 1.49. The number of carbonyl (C=O) groups is 2. The molecule has 3 aliphatic rings. The minimum atomic E-state index is -0.390. The second-order valence-corrected chi connectivity index (χ2v) is 6.89. The van der Waals surface area contributed by atoms with Crippen molar-refractivity contribution in [3.8, 4) is 0 Å². The molecule has 1 aliphatic heterocycles. The molecule has 0 aromatic rings. The zero-order valence-corrected chi connectivity index (χ0v) is 13.4. The molecule has 3 fully saturated rings. The van der Waals surface area contributed by atoms with E-state index in [4.69, 9.17) is 9.47 Å². The maximum Gasteiger partial charge on any atom is 0.313 e. The summed E-state index contributed by atoms with van der Waals surface area (Å²) in [5.41, 5.74) is -0.390. The molecule has 0 spiro atoms. The average Bonchev–Trinajstić information content (AvgIpc) is 3.08. The third-order valence-electron chi connectivity index (χ3n) is 5.07. The predicted octanol–water partition coefficient (Wildman–Crippen LogP) is 2.53. The van der Waals surface area contributed by atoms with Crippen molar-refractivity contribution >= 4 is 11.9 Å². The lowest BCUT2D eigenvalue weighted by Crippen LogP contribution is -2.26. The van der Waals surface area contributed by atoms with Gasteiger partial charge in [-0.2, -0.15) is 0 Å². The zero-order chi connectivity index (χ0) is 15.6. The molecule has 3 rings (SSSR count). The number of hydrogen-bond donors (Lipinski definition) is 0. The largest absolute Gasteiger partial charge is 0.462 e. The molecule has 2 bridgehead atoms. The van der Waals surface area contributed by atoms with Crippen molar-refractivity contribution in [1.82, 2.24) is 0 Å². The molecule has 0 radical (unpaired) electrons. The van der Waals surface area contributed by atoms with E-state index >= 15 is 0 Å². The van der Waals surface area contributed by atoms with E-state index in [0.29, 0.717) is 17.9 Å². The van der Waals surface area contributed by atoms with Gasteiger partial charge in [0.2, 0.25) is 0 Å². The molecule has 4 unspecified atom stereocenters. The molecule has 2 aliphatic carbocycles. The standard InChI is InChI=1S/C8H16O3.C8H10O2/c1-5-8(2,3)7(9)11-6-10-4;9-8-6-2-4-1-5(6)7(3-4)10-8/h5-6H2,1-4H3;4-7H,1-3H2. The van der Waals surface area contributed by atoms with Gasteiger partial charge in [0.15, 0.2) is 6.79 Å². The van der Waals surface area contributed by atoms with Crippen LogP contribution < -0.4 is 0 Å². The smallest absolute Gasteiger partial charge is 0.313 e. The molecule has 4 atom stereocenters. The van der Waals surface area contributed by atoms with Gasteiger partial charge in [0.05, 0.1) is 11.3 Å². The fourth-order valence-electron chi connectivity index (χ4n) is 3.38. The van der Waals surface area contributed by atoms with E-state index in [1.165, 1.54) is 13.5 Å². The minimum Gasteiger partial charge on any atom is -0.462 e.